The predicted octanol–water partition coefficient (Wildman–Crippen LogP) is 3.17. The summed E-state index contributed by atoms with van der Waals surface area (Å²) in [5.74, 6) is 1.94. The molecule has 3 amide bonds. The lowest BCUT2D eigenvalue weighted by Gasteiger charge is -2.56. The van der Waals surface area contributed by atoms with Crippen molar-refractivity contribution in [1.82, 2.24) is 30.8 Å². The highest BCUT2D eigenvalue weighted by Gasteiger charge is 2.51. The second-order valence-electron chi connectivity index (χ2n) is 9.63. The van der Waals surface area contributed by atoms with Gasteiger partial charge < -0.3 is 5.32 Å². The molecular weight excluding hydrogens is 412 g/mol. The molecule has 164 valence electrons. The molecule has 0 radical (unpaired) electrons. The van der Waals surface area contributed by atoms with Gasteiger partial charge in [-0.3, -0.25) is 10.1 Å². The second kappa shape index (κ2) is 7.93. The lowest BCUT2D eigenvalue weighted by molar-refractivity contribution is -0.117. The number of carbonyl (C=O) groups is 2. The van der Waals surface area contributed by atoms with Gasteiger partial charge in [-0.2, -0.15) is 4.68 Å². The molecule has 4 aliphatic carbocycles. The van der Waals surface area contributed by atoms with Gasteiger partial charge in [-0.05, 0) is 104 Å². The molecule has 4 saturated carbocycles. The number of amides is 3. The zero-order valence-corrected chi connectivity index (χ0v) is 18.7. The van der Waals surface area contributed by atoms with Crippen LogP contribution in [0.3, 0.4) is 0 Å². The number of nitrogens with one attached hydrogen (secondary N) is 2. The number of rotatable bonds is 5. The first-order chi connectivity index (χ1) is 14.9. The third-order valence-corrected chi connectivity index (χ3v) is 8.10. The SMILES string of the molecule is Cc1ccc(-n2nnnc2SCC(=O)NC(=O)NC23CC4CC(CC(C4)C2)C3)cc1C. The number of tetrazole rings is 1. The third kappa shape index (κ3) is 4.20. The van der Waals surface area contributed by atoms with Crippen molar-refractivity contribution >= 4 is 23.7 Å². The maximum absolute atomic E-state index is 12.6. The summed E-state index contributed by atoms with van der Waals surface area (Å²) in [5.41, 5.74) is 3.06. The van der Waals surface area contributed by atoms with E-state index < -0.39 is 0 Å². The first kappa shape index (κ1) is 20.5. The largest absolute Gasteiger partial charge is 0.332 e. The lowest BCUT2D eigenvalue weighted by Crippen LogP contribution is -2.61. The Labute approximate surface area is 185 Å². The van der Waals surface area contributed by atoms with E-state index in [4.69, 9.17) is 0 Å². The Morgan fingerprint density at radius 2 is 1.77 bits per heavy atom. The molecule has 6 rings (SSSR count). The van der Waals surface area contributed by atoms with E-state index in [0.717, 1.165) is 48.3 Å². The maximum atomic E-state index is 12.6. The van der Waals surface area contributed by atoms with E-state index in [2.05, 4.69) is 26.2 Å². The van der Waals surface area contributed by atoms with Gasteiger partial charge in [0.05, 0.1) is 11.4 Å². The average molecular weight is 441 g/mol. The van der Waals surface area contributed by atoms with Crippen molar-refractivity contribution in [2.75, 3.05) is 5.75 Å². The Balaban J connectivity index is 1.16. The van der Waals surface area contributed by atoms with Gasteiger partial charge >= 0.3 is 6.03 Å². The number of benzene rings is 1. The molecule has 2 N–H and O–H groups in total. The number of aryl methyl sites for hydroxylation is 2. The fraction of sp³-hybridized carbons (Fsp3) is 0.591. The van der Waals surface area contributed by atoms with Gasteiger partial charge in [-0.25, -0.2) is 4.79 Å². The monoisotopic (exact) mass is 440 g/mol. The summed E-state index contributed by atoms with van der Waals surface area (Å²) < 4.78 is 1.61. The summed E-state index contributed by atoms with van der Waals surface area (Å²) >= 11 is 1.21. The molecule has 8 nitrogen and oxygen atoms in total. The van der Waals surface area contributed by atoms with Crippen LogP contribution >= 0.6 is 11.8 Å². The molecule has 2 aromatic rings. The summed E-state index contributed by atoms with van der Waals surface area (Å²) in [6, 6.07) is 5.60. The van der Waals surface area contributed by atoms with Crippen LogP contribution in [0.2, 0.25) is 0 Å². The summed E-state index contributed by atoms with van der Waals surface area (Å²) in [6.07, 6.45) is 7.11. The van der Waals surface area contributed by atoms with Crippen LogP contribution in [0.1, 0.15) is 49.7 Å². The highest BCUT2D eigenvalue weighted by molar-refractivity contribution is 7.99. The van der Waals surface area contributed by atoms with E-state index in [1.54, 1.807) is 4.68 Å². The minimum Gasteiger partial charge on any atom is -0.332 e. The van der Waals surface area contributed by atoms with Crippen LogP contribution < -0.4 is 10.6 Å². The van der Waals surface area contributed by atoms with Crippen molar-refractivity contribution in [2.24, 2.45) is 17.8 Å². The summed E-state index contributed by atoms with van der Waals surface area (Å²) in [5, 5.41) is 18.0. The highest BCUT2D eigenvalue weighted by Crippen LogP contribution is 2.55. The van der Waals surface area contributed by atoms with Crippen molar-refractivity contribution < 1.29 is 9.59 Å². The molecule has 4 fully saturated rings. The molecule has 4 aliphatic rings. The van der Waals surface area contributed by atoms with Crippen molar-refractivity contribution in [3.8, 4) is 5.69 Å². The molecule has 0 unspecified atom stereocenters. The van der Waals surface area contributed by atoms with Gasteiger partial charge in [0.1, 0.15) is 0 Å². The summed E-state index contributed by atoms with van der Waals surface area (Å²) in [7, 11) is 0. The van der Waals surface area contributed by atoms with E-state index in [-0.39, 0.29) is 23.2 Å². The number of thioether (sulfide) groups is 1. The van der Waals surface area contributed by atoms with Crippen LogP contribution in [0, 0.1) is 31.6 Å². The van der Waals surface area contributed by atoms with Gasteiger partial charge in [-0.15, -0.1) is 5.10 Å². The fourth-order valence-electron chi connectivity index (χ4n) is 6.12. The molecular formula is C22H28N6O2S. The van der Waals surface area contributed by atoms with E-state index >= 15 is 0 Å². The topological polar surface area (TPSA) is 102 Å². The zero-order valence-electron chi connectivity index (χ0n) is 17.9. The van der Waals surface area contributed by atoms with E-state index in [0.29, 0.717) is 5.16 Å². The highest BCUT2D eigenvalue weighted by atomic mass is 32.2. The van der Waals surface area contributed by atoms with Crippen LogP contribution in [0.5, 0.6) is 0 Å². The number of hydrogen-bond acceptors (Lipinski definition) is 6. The van der Waals surface area contributed by atoms with Crippen molar-refractivity contribution in [1.29, 1.82) is 0 Å². The molecule has 4 bridgehead atoms. The first-order valence-electron chi connectivity index (χ1n) is 11.0. The summed E-state index contributed by atoms with van der Waals surface area (Å²) in [6.45, 7) is 4.08. The van der Waals surface area contributed by atoms with Crippen LogP contribution in [0.4, 0.5) is 4.79 Å². The van der Waals surface area contributed by atoms with Crippen molar-refractivity contribution in [3.63, 3.8) is 0 Å². The molecule has 9 heteroatoms. The Hall–Kier alpha value is -2.42. The molecule has 0 atom stereocenters. The molecule has 0 saturated heterocycles. The molecule has 1 aromatic carbocycles. The maximum Gasteiger partial charge on any atom is 0.321 e. The number of hydrogen-bond donors (Lipinski definition) is 2. The van der Waals surface area contributed by atoms with E-state index in [1.165, 1.54) is 36.6 Å². The molecule has 1 heterocycles. The van der Waals surface area contributed by atoms with Gasteiger partial charge in [0.2, 0.25) is 11.1 Å². The Morgan fingerprint density at radius 3 is 2.42 bits per heavy atom. The average Bonchev–Trinajstić information content (AvgIpc) is 3.15. The third-order valence-electron chi connectivity index (χ3n) is 7.18. The van der Waals surface area contributed by atoms with Gasteiger partial charge in [0, 0.05) is 5.54 Å². The minimum absolute atomic E-state index is 0.0690. The smallest absolute Gasteiger partial charge is 0.321 e. The number of aromatic nitrogens is 4. The zero-order chi connectivity index (χ0) is 21.6. The van der Waals surface area contributed by atoms with Gasteiger partial charge in [0.15, 0.2) is 0 Å². The second-order valence-corrected chi connectivity index (χ2v) is 10.6. The Morgan fingerprint density at radius 1 is 1.10 bits per heavy atom. The van der Waals surface area contributed by atoms with Crippen molar-refractivity contribution in [2.45, 2.75) is 63.1 Å². The Kier molecular flexibility index (Phi) is 5.24. The predicted molar refractivity (Wildman–Crippen MR) is 117 cm³/mol. The van der Waals surface area contributed by atoms with Crippen LogP contribution in [-0.4, -0.2) is 43.4 Å². The van der Waals surface area contributed by atoms with E-state index in [1.807, 2.05) is 32.0 Å². The minimum atomic E-state index is -0.374. The number of carbonyl (C=O) groups excluding carboxylic acids is 2. The Bertz CT molecular complexity index is 984. The van der Waals surface area contributed by atoms with E-state index in [9.17, 15) is 9.59 Å². The van der Waals surface area contributed by atoms with Gasteiger partial charge in [-0.1, -0.05) is 17.8 Å². The molecule has 0 aliphatic heterocycles. The van der Waals surface area contributed by atoms with Crippen LogP contribution in [0.15, 0.2) is 23.4 Å². The van der Waals surface area contributed by atoms with Crippen LogP contribution in [0.25, 0.3) is 5.69 Å². The molecule has 31 heavy (non-hydrogen) atoms. The number of urea groups is 1. The normalized spacial score (nSPS) is 28.5. The standard InChI is InChI=1S/C22H28N6O2S/c1-13-3-4-18(5-14(13)2)28-21(25-26-27-28)31-12-19(29)23-20(30)24-22-9-15-6-16(10-22)8-17(7-15)11-22/h3-5,15-17H,6-12H2,1-2H3,(H2,23,24,29,30). The fourth-order valence-corrected chi connectivity index (χ4v) is 6.81. The lowest BCUT2D eigenvalue weighted by atomic mass is 9.53. The molecule has 0 spiro atoms. The number of imide groups is 1. The number of nitrogens with zero attached hydrogens (tertiary/aromatic N) is 4. The van der Waals surface area contributed by atoms with Crippen molar-refractivity contribution in [3.05, 3.63) is 29.3 Å². The van der Waals surface area contributed by atoms with Gasteiger partial charge in [0.25, 0.3) is 0 Å². The van der Waals surface area contributed by atoms with Crippen LogP contribution in [-0.2, 0) is 4.79 Å². The summed E-state index contributed by atoms with van der Waals surface area (Å²) in [4.78, 5) is 25.0. The first-order valence-corrected chi connectivity index (χ1v) is 12.0. The quantitative estimate of drug-likeness (QED) is 0.693. The molecule has 1 aromatic heterocycles.